The molecule has 0 radical (unpaired) electrons. The lowest BCUT2D eigenvalue weighted by Gasteiger charge is -2.36. The summed E-state index contributed by atoms with van der Waals surface area (Å²) in [5.41, 5.74) is 2.50. The first kappa shape index (κ1) is 36.4. The van der Waals surface area contributed by atoms with Gasteiger partial charge < -0.3 is 10.6 Å². The number of nitrogens with zero attached hydrogens (tertiary/aromatic N) is 2. The molecular formula is C43H49BrN4O4. The van der Waals surface area contributed by atoms with Gasteiger partial charge in [-0.1, -0.05) is 74.2 Å². The van der Waals surface area contributed by atoms with Crippen LogP contribution >= 0.6 is 17.0 Å². The molecule has 2 aliphatic carbocycles. The zero-order valence-electron chi connectivity index (χ0n) is 29.8. The molecule has 52 heavy (non-hydrogen) atoms. The molecule has 2 N–H and O–H groups in total. The van der Waals surface area contributed by atoms with Crippen LogP contribution in [0.25, 0.3) is 21.5 Å². The standard InChI is InChI=1S/C43H48N4O4.BrH/c48-40-34-17-3-11-30-12-4-18-35(38(30)34)41(49)46(40)23-7-21-44-32-15-1-9-28(26-32)25-29-10-2-16-33(27-29)45-22-8-24-47-42(50)36-19-5-13-31-14-6-20-37(39(31)36)43(47)51;/h3-6,11-14,17-20,28-29,32-33,44-45H,1-2,7-10,15-16,21-27H2;1H. The Morgan fingerprint density at radius 1 is 0.519 bits per heavy atom. The second kappa shape index (κ2) is 16.0. The quantitative estimate of drug-likeness (QED) is 0.112. The number of imide groups is 2. The molecule has 0 spiro atoms. The van der Waals surface area contributed by atoms with E-state index in [1.54, 1.807) is 0 Å². The van der Waals surface area contributed by atoms with E-state index in [-0.39, 0.29) is 40.6 Å². The normalized spacial score (nSPS) is 23.0. The average molecular weight is 766 g/mol. The Bertz CT molecular complexity index is 1750. The zero-order valence-corrected chi connectivity index (χ0v) is 31.5. The van der Waals surface area contributed by atoms with E-state index in [0.29, 0.717) is 47.4 Å². The van der Waals surface area contributed by atoms with Crippen molar-refractivity contribution in [3.05, 3.63) is 95.1 Å². The van der Waals surface area contributed by atoms with E-state index in [2.05, 4.69) is 10.6 Å². The third kappa shape index (κ3) is 7.20. The molecular weight excluding hydrogens is 716 g/mol. The maximum absolute atomic E-state index is 13.2. The summed E-state index contributed by atoms with van der Waals surface area (Å²) in [6, 6.07) is 23.7. The number of halogens is 1. The predicted molar refractivity (Wildman–Crippen MR) is 210 cm³/mol. The molecule has 2 aliphatic heterocycles. The van der Waals surface area contributed by atoms with Crippen molar-refractivity contribution in [2.45, 2.75) is 82.7 Å². The van der Waals surface area contributed by atoms with Crippen molar-refractivity contribution in [2.24, 2.45) is 11.8 Å². The Hall–Kier alpha value is -3.92. The lowest BCUT2D eigenvalue weighted by atomic mass is 9.75. The Balaban J connectivity index is 0.00000420. The minimum absolute atomic E-state index is 0. The SMILES string of the molecule is Br.O=C1c2cccc3cccc(c23)C(=O)N1CCCNC1CCCC(CC2CCCC(NCCCN3C(=O)c4cccc5cccc(c45)C3=O)C2)C1. The maximum atomic E-state index is 13.2. The van der Waals surface area contributed by atoms with Gasteiger partial charge in [0.25, 0.3) is 23.6 Å². The number of hydrogen-bond acceptors (Lipinski definition) is 6. The smallest absolute Gasteiger partial charge is 0.261 e. The third-order valence-electron chi connectivity index (χ3n) is 11.9. The Labute approximate surface area is 316 Å². The molecule has 0 aromatic heterocycles. The van der Waals surface area contributed by atoms with E-state index in [1.165, 1.54) is 67.6 Å². The minimum Gasteiger partial charge on any atom is -0.314 e. The van der Waals surface area contributed by atoms with Gasteiger partial charge in [-0.25, -0.2) is 0 Å². The van der Waals surface area contributed by atoms with Gasteiger partial charge in [-0.15, -0.1) is 17.0 Å². The van der Waals surface area contributed by atoms with Gasteiger partial charge >= 0.3 is 0 Å². The van der Waals surface area contributed by atoms with Gasteiger partial charge in [-0.3, -0.25) is 29.0 Å². The lowest BCUT2D eigenvalue weighted by Crippen LogP contribution is -2.42. The summed E-state index contributed by atoms with van der Waals surface area (Å²) in [7, 11) is 0. The summed E-state index contributed by atoms with van der Waals surface area (Å²) in [5, 5.41) is 11.0. The molecule has 0 saturated heterocycles. The summed E-state index contributed by atoms with van der Waals surface area (Å²) in [4.78, 5) is 55.9. The van der Waals surface area contributed by atoms with E-state index < -0.39 is 0 Å². The molecule has 4 aliphatic rings. The number of amides is 4. The lowest BCUT2D eigenvalue weighted by molar-refractivity contribution is 0.0593. The fourth-order valence-electron chi connectivity index (χ4n) is 9.51. The first-order valence-corrected chi connectivity index (χ1v) is 19.2. The van der Waals surface area contributed by atoms with Crippen LogP contribution in [0.3, 0.4) is 0 Å². The number of carbonyl (C=O) groups excluding carboxylic acids is 4. The number of benzene rings is 4. The first-order valence-electron chi connectivity index (χ1n) is 19.2. The Morgan fingerprint density at radius 2 is 0.885 bits per heavy atom. The van der Waals surface area contributed by atoms with Crippen LogP contribution < -0.4 is 10.6 Å². The van der Waals surface area contributed by atoms with Crippen LogP contribution in [0.15, 0.2) is 72.8 Å². The number of carbonyl (C=O) groups is 4. The van der Waals surface area contributed by atoms with Crippen molar-refractivity contribution >= 4 is 62.2 Å². The first-order chi connectivity index (χ1) is 25.0. The second-order valence-corrected chi connectivity index (χ2v) is 15.3. The van der Waals surface area contributed by atoms with Gasteiger partial charge in [-0.05, 0) is 105 Å². The van der Waals surface area contributed by atoms with Crippen LogP contribution in [0.1, 0.15) is 112 Å². The van der Waals surface area contributed by atoms with Crippen LogP contribution in [0.2, 0.25) is 0 Å². The van der Waals surface area contributed by atoms with Crippen molar-refractivity contribution in [2.75, 3.05) is 26.2 Å². The van der Waals surface area contributed by atoms with Gasteiger partial charge in [-0.2, -0.15) is 0 Å². The third-order valence-corrected chi connectivity index (χ3v) is 11.9. The monoisotopic (exact) mass is 764 g/mol. The Morgan fingerprint density at radius 3 is 1.25 bits per heavy atom. The highest BCUT2D eigenvalue weighted by molar-refractivity contribution is 8.93. The molecule has 2 saturated carbocycles. The molecule has 4 atom stereocenters. The minimum atomic E-state index is -0.182. The van der Waals surface area contributed by atoms with E-state index in [4.69, 9.17) is 0 Å². The summed E-state index contributed by atoms with van der Waals surface area (Å²) in [5.74, 6) is 0.728. The molecule has 8 rings (SSSR count). The highest BCUT2D eigenvalue weighted by Crippen LogP contribution is 2.36. The molecule has 4 amide bonds. The molecule has 4 aromatic carbocycles. The van der Waals surface area contributed by atoms with Gasteiger partial charge in [0.2, 0.25) is 0 Å². The molecule has 272 valence electrons. The van der Waals surface area contributed by atoms with Gasteiger partial charge in [0.05, 0.1) is 0 Å². The van der Waals surface area contributed by atoms with E-state index in [0.717, 1.165) is 59.3 Å². The summed E-state index contributed by atoms with van der Waals surface area (Å²) >= 11 is 0. The highest BCUT2D eigenvalue weighted by Gasteiger charge is 2.34. The number of hydrogen-bond donors (Lipinski definition) is 2. The van der Waals surface area contributed by atoms with Crippen molar-refractivity contribution in [1.82, 2.24) is 20.4 Å². The van der Waals surface area contributed by atoms with Crippen LogP contribution in [-0.2, 0) is 0 Å². The molecule has 8 nitrogen and oxygen atoms in total. The molecule has 2 heterocycles. The number of nitrogens with one attached hydrogen (secondary N) is 2. The fourth-order valence-corrected chi connectivity index (χ4v) is 9.51. The molecule has 0 bridgehead atoms. The van der Waals surface area contributed by atoms with Gasteiger partial charge in [0, 0.05) is 58.2 Å². The predicted octanol–water partition coefficient (Wildman–Crippen LogP) is 7.93. The summed E-state index contributed by atoms with van der Waals surface area (Å²) < 4.78 is 0. The fraction of sp³-hybridized carbons (Fsp3) is 0.442. The van der Waals surface area contributed by atoms with Crippen molar-refractivity contribution in [3.8, 4) is 0 Å². The van der Waals surface area contributed by atoms with Crippen molar-refractivity contribution in [1.29, 1.82) is 0 Å². The maximum Gasteiger partial charge on any atom is 0.261 e. The van der Waals surface area contributed by atoms with Crippen molar-refractivity contribution in [3.63, 3.8) is 0 Å². The van der Waals surface area contributed by atoms with E-state index in [1.807, 2.05) is 72.8 Å². The topological polar surface area (TPSA) is 98.8 Å². The van der Waals surface area contributed by atoms with Gasteiger partial charge in [0.15, 0.2) is 0 Å². The summed E-state index contributed by atoms with van der Waals surface area (Å²) in [6.07, 6.45) is 12.6. The number of rotatable bonds is 12. The van der Waals surface area contributed by atoms with Crippen LogP contribution in [-0.4, -0.2) is 71.7 Å². The molecule has 9 heteroatoms. The van der Waals surface area contributed by atoms with Crippen molar-refractivity contribution < 1.29 is 19.2 Å². The van der Waals surface area contributed by atoms with Crippen LogP contribution in [0.5, 0.6) is 0 Å². The van der Waals surface area contributed by atoms with Gasteiger partial charge in [0.1, 0.15) is 0 Å². The van der Waals surface area contributed by atoms with Crippen LogP contribution in [0, 0.1) is 11.8 Å². The molecule has 4 aromatic rings. The average Bonchev–Trinajstić information content (AvgIpc) is 3.15. The van der Waals surface area contributed by atoms with E-state index >= 15 is 0 Å². The highest BCUT2D eigenvalue weighted by atomic mass is 79.9. The van der Waals surface area contributed by atoms with Crippen LogP contribution in [0.4, 0.5) is 0 Å². The zero-order chi connectivity index (χ0) is 34.9. The summed E-state index contributed by atoms with van der Waals surface area (Å²) in [6.45, 7) is 2.45. The van der Waals surface area contributed by atoms with E-state index in [9.17, 15) is 19.2 Å². The largest absolute Gasteiger partial charge is 0.314 e. The second-order valence-electron chi connectivity index (χ2n) is 15.3. The Kier molecular flexibility index (Phi) is 11.2. The molecule has 4 unspecified atom stereocenters. The molecule has 2 fully saturated rings.